The van der Waals surface area contributed by atoms with Crippen molar-refractivity contribution in [3.8, 4) is 11.5 Å². The van der Waals surface area contributed by atoms with E-state index >= 15 is 0 Å². The number of halogens is 1. The van der Waals surface area contributed by atoms with Crippen LogP contribution in [0.2, 0.25) is 0 Å². The molecule has 0 aliphatic rings. The van der Waals surface area contributed by atoms with E-state index in [4.69, 9.17) is 9.84 Å². The number of nitrogens with one attached hydrogen (secondary N) is 1. The molecule has 5 heteroatoms. The standard InChI is InChI=1S/C13H21NO3.ClH/c1-13(2,3)14-8-11(16)9-17-12-6-4-10(15)5-7-12;/h4-7,11,14-16H,8-9H2,1-3H3;1H. The molecule has 0 aromatic heterocycles. The fourth-order valence-corrected chi connectivity index (χ4v) is 1.22. The van der Waals surface area contributed by atoms with E-state index in [-0.39, 0.29) is 30.3 Å². The molecule has 0 aliphatic carbocycles. The van der Waals surface area contributed by atoms with E-state index in [9.17, 15) is 5.11 Å². The zero-order valence-electron chi connectivity index (χ0n) is 11.0. The maximum Gasteiger partial charge on any atom is 0.119 e. The topological polar surface area (TPSA) is 61.7 Å². The van der Waals surface area contributed by atoms with Crippen LogP contribution in [-0.4, -0.2) is 35.0 Å². The summed E-state index contributed by atoms with van der Waals surface area (Å²) in [4.78, 5) is 0. The Morgan fingerprint density at radius 2 is 1.78 bits per heavy atom. The first-order valence-corrected chi connectivity index (χ1v) is 5.72. The maximum atomic E-state index is 9.69. The number of aliphatic hydroxyl groups excluding tert-OH is 1. The molecule has 3 N–H and O–H groups in total. The van der Waals surface area contributed by atoms with Gasteiger partial charge in [0.15, 0.2) is 0 Å². The Morgan fingerprint density at radius 3 is 2.28 bits per heavy atom. The van der Waals surface area contributed by atoms with Gasteiger partial charge in [0.1, 0.15) is 24.2 Å². The van der Waals surface area contributed by atoms with Gasteiger partial charge < -0.3 is 20.3 Å². The zero-order chi connectivity index (χ0) is 12.9. The predicted octanol–water partition coefficient (Wildman–Crippen LogP) is 1.94. The van der Waals surface area contributed by atoms with Crippen molar-refractivity contribution in [2.45, 2.75) is 32.4 Å². The molecule has 0 saturated heterocycles. The van der Waals surface area contributed by atoms with Gasteiger partial charge in [0.25, 0.3) is 0 Å². The highest BCUT2D eigenvalue weighted by Gasteiger charge is 2.12. The number of aromatic hydroxyl groups is 1. The summed E-state index contributed by atoms with van der Waals surface area (Å²) in [6, 6.07) is 6.43. The molecule has 1 unspecified atom stereocenters. The molecule has 1 aromatic rings. The molecule has 0 fully saturated rings. The third kappa shape index (κ3) is 7.37. The molecule has 1 aromatic carbocycles. The molecular weight excluding hydrogens is 254 g/mol. The highest BCUT2D eigenvalue weighted by molar-refractivity contribution is 5.85. The number of ether oxygens (including phenoxy) is 1. The zero-order valence-corrected chi connectivity index (χ0v) is 11.8. The van der Waals surface area contributed by atoms with Crippen LogP contribution in [0.4, 0.5) is 0 Å². The molecule has 0 bridgehead atoms. The van der Waals surface area contributed by atoms with E-state index in [0.29, 0.717) is 12.3 Å². The molecule has 0 spiro atoms. The molecule has 0 aliphatic heterocycles. The Kier molecular flexibility index (Phi) is 7.06. The summed E-state index contributed by atoms with van der Waals surface area (Å²) in [5, 5.41) is 22.0. The molecule has 0 saturated carbocycles. The number of phenolic OH excluding ortho intramolecular Hbond substituents is 1. The molecule has 0 heterocycles. The van der Waals surface area contributed by atoms with Gasteiger partial charge in [-0.05, 0) is 45.0 Å². The average molecular weight is 276 g/mol. The summed E-state index contributed by atoms with van der Waals surface area (Å²) in [7, 11) is 0. The fourth-order valence-electron chi connectivity index (χ4n) is 1.22. The van der Waals surface area contributed by atoms with Crippen LogP contribution < -0.4 is 10.1 Å². The smallest absolute Gasteiger partial charge is 0.119 e. The van der Waals surface area contributed by atoms with Crippen LogP contribution in [0.15, 0.2) is 24.3 Å². The van der Waals surface area contributed by atoms with Gasteiger partial charge in [0, 0.05) is 12.1 Å². The van der Waals surface area contributed by atoms with Gasteiger partial charge in [-0.3, -0.25) is 0 Å². The Hall–Kier alpha value is -0.970. The highest BCUT2D eigenvalue weighted by Crippen LogP contribution is 2.15. The van der Waals surface area contributed by atoms with Crippen LogP contribution in [0.1, 0.15) is 20.8 Å². The van der Waals surface area contributed by atoms with Crippen molar-refractivity contribution in [3.63, 3.8) is 0 Å². The number of phenols is 1. The monoisotopic (exact) mass is 275 g/mol. The molecule has 1 rings (SSSR count). The van der Waals surface area contributed by atoms with E-state index in [1.54, 1.807) is 24.3 Å². The molecular formula is C13H22ClNO3. The first-order valence-electron chi connectivity index (χ1n) is 5.72. The lowest BCUT2D eigenvalue weighted by Gasteiger charge is -2.22. The van der Waals surface area contributed by atoms with Crippen molar-refractivity contribution < 1.29 is 14.9 Å². The fraction of sp³-hybridized carbons (Fsp3) is 0.538. The SMILES string of the molecule is CC(C)(C)NCC(O)COc1ccc(O)cc1.Cl. The van der Waals surface area contributed by atoms with Crippen LogP contribution in [0.5, 0.6) is 11.5 Å². The summed E-state index contributed by atoms with van der Waals surface area (Å²) >= 11 is 0. The van der Waals surface area contributed by atoms with Crippen LogP contribution in [0.3, 0.4) is 0 Å². The van der Waals surface area contributed by atoms with Gasteiger partial charge in [-0.15, -0.1) is 12.4 Å². The summed E-state index contributed by atoms with van der Waals surface area (Å²) in [5.41, 5.74) is -0.0144. The van der Waals surface area contributed by atoms with Crippen molar-refractivity contribution in [3.05, 3.63) is 24.3 Å². The lowest BCUT2D eigenvalue weighted by Crippen LogP contribution is -2.42. The quantitative estimate of drug-likeness (QED) is 0.769. The van der Waals surface area contributed by atoms with Gasteiger partial charge in [-0.1, -0.05) is 0 Å². The number of aliphatic hydroxyl groups is 1. The molecule has 0 radical (unpaired) electrons. The Bertz CT molecular complexity index is 335. The van der Waals surface area contributed by atoms with Crippen molar-refractivity contribution in [2.75, 3.05) is 13.2 Å². The van der Waals surface area contributed by atoms with Crippen molar-refractivity contribution in [1.29, 1.82) is 0 Å². The first-order chi connectivity index (χ1) is 7.87. The van der Waals surface area contributed by atoms with Crippen molar-refractivity contribution in [2.24, 2.45) is 0 Å². The normalized spacial score (nSPS) is 12.7. The summed E-state index contributed by atoms with van der Waals surface area (Å²) in [5.74, 6) is 0.838. The van der Waals surface area contributed by atoms with E-state index in [2.05, 4.69) is 5.32 Å². The lowest BCUT2D eigenvalue weighted by atomic mass is 10.1. The number of rotatable bonds is 5. The number of hydrogen-bond donors (Lipinski definition) is 3. The van der Waals surface area contributed by atoms with Crippen LogP contribution in [0.25, 0.3) is 0 Å². The molecule has 1 atom stereocenters. The summed E-state index contributed by atoms with van der Waals surface area (Å²) in [6.07, 6.45) is -0.553. The van der Waals surface area contributed by atoms with E-state index in [1.165, 1.54) is 0 Å². The number of β-amino-alcohol motifs (C(OH)–C–C–N with tert-alkyl or cyclic N) is 1. The van der Waals surface area contributed by atoms with Crippen molar-refractivity contribution >= 4 is 12.4 Å². The highest BCUT2D eigenvalue weighted by atomic mass is 35.5. The average Bonchev–Trinajstić information content (AvgIpc) is 2.25. The minimum absolute atomic E-state index is 0. The van der Waals surface area contributed by atoms with Gasteiger partial charge in [-0.25, -0.2) is 0 Å². The maximum absolute atomic E-state index is 9.69. The predicted molar refractivity (Wildman–Crippen MR) is 74.6 cm³/mol. The molecule has 104 valence electrons. The largest absolute Gasteiger partial charge is 0.508 e. The van der Waals surface area contributed by atoms with E-state index in [1.807, 2.05) is 20.8 Å². The number of hydrogen-bond acceptors (Lipinski definition) is 4. The Morgan fingerprint density at radius 1 is 1.22 bits per heavy atom. The second kappa shape index (κ2) is 7.46. The van der Waals surface area contributed by atoms with Gasteiger partial charge in [0.05, 0.1) is 0 Å². The van der Waals surface area contributed by atoms with Gasteiger partial charge in [0.2, 0.25) is 0 Å². The second-order valence-electron chi connectivity index (χ2n) is 5.09. The molecule has 0 amide bonds. The second-order valence-corrected chi connectivity index (χ2v) is 5.09. The molecule has 4 nitrogen and oxygen atoms in total. The van der Waals surface area contributed by atoms with Crippen molar-refractivity contribution in [1.82, 2.24) is 5.32 Å². The Labute approximate surface area is 114 Å². The summed E-state index contributed by atoms with van der Waals surface area (Å²) in [6.45, 7) is 6.84. The number of benzene rings is 1. The van der Waals surface area contributed by atoms with Gasteiger partial charge in [-0.2, -0.15) is 0 Å². The van der Waals surface area contributed by atoms with E-state index in [0.717, 1.165) is 0 Å². The van der Waals surface area contributed by atoms with E-state index < -0.39 is 6.10 Å². The third-order valence-electron chi connectivity index (χ3n) is 2.15. The third-order valence-corrected chi connectivity index (χ3v) is 2.15. The summed E-state index contributed by atoms with van der Waals surface area (Å²) < 4.78 is 5.39. The lowest BCUT2D eigenvalue weighted by molar-refractivity contribution is 0.100. The first kappa shape index (κ1) is 17.0. The minimum atomic E-state index is -0.553. The van der Waals surface area contributed by atoms with Crippen LogP contribution >= 0.6 is 12.4 Å². The minimum Gasteiger partial charge on any atom is -0.508 e. The molecule has 18 heavy (non-hydrogen) atoms. The van der Waals surface area contributed by atoms with Crippen LogP contribution in [-0.2, 0) is 0 Å². The Balaban J connectivity index is 0.00000289. The van der Waals surface area contributed by atoms with Crippen LogP contribution in [0, 0.1) is 0 Å². The van der Waals surface area contributed by atoms with Gasteiger partial charge >= 0.3 is 0 Å².